The van der Waals surface area contributed by atoms with Crippen LogP contribution >= 0.6 is 0 Å². The van der Waals surface area contributed by atoms with Gasteiger partial charge in [-0.2, -0.15) is 0 Å². The van der Waals surface area contributed by atoms with Gasteiger partial charge in [0.25, 0.3) is 0 Å². The largest absolute Gasteiger partial charge is 0.494 e. The summed E-state index contributed by atoms with van der Waals surface area (Å²) in [5.74, 6) is -0.674. The van der Waals surface area contributed by atoms with Crippen LogP contribution in [0, 0.1) is 5.82 Å². The molecule has 1 aromatic heterocycles. The number of hydrogen-bond donors (Lipinski definition) is 0. The highest BCUT2D eigenvalue weighted by atomic mass is 19.1. The average molecular weight is 246 g/mol. The van der Waals surface area contributed by atoms with E-state index in [2.05, 4.69) is 9.97 Å². The summed E-state index contributed by atoms with van der Waals surface area (Å²) in [4.78, 5) is 19.5. The lowest BCUT2D eigenvalue weighted by atomic mass is 10.1. The topological polar surface area (TPSA) is 52.1 Å². The Kier molecular flexibility index (Phi) is 3.62. The number of ketones is 1. The first kappa shape index (κ1) is 12.2. The second kappa shape index (κ2) is 5.35. The zero-order chi connectivity index (χ0) is 13.0. The molecule has 0 unspecified atom stereocenters. The van der Waals surface area contributed by atoms with Crippen molar-refractivity contribution in [2.45, 2.75) is 6.42 Å². The van der Waals surface area contributed by atoms with E-state index in [-0.39, 0.29) is 29.2 Å². The Balaban J connectivity index is 2.22. The minimum Gasteiger partial charge on any atom is -0.494 e. The predicted molar refractivity (Wildman–Crippen MR) is 63.0 cm³/mol. The molecule has 1 aromatic carbocycles. The highest BCUT2D eigenvalue weighted by Gasteiger charge is 2.14. The SMILES string of the molecule is COc1cccc(CC(=O)c2cnccn2)c1F. The van der Waals surface area contributed by atoms with E-state index in [0.717, 1.165) is 0 Å². The number of nitrogens with zero attached hydrogens (tertiary/aromatic N) is 2. The number of benzene rings is 1. The minimum absolute atomic E-state index is 0.0677. The van der Waals surface area contributed by atoms with E-state index in [0.29, 0.717) is 0 Å². The first-order chi connectivity index (χ1) is 8.72. The molecule has 0 spiro atoms. The van der Waals surface area contributed by atoms with Gasteiger partial charge in [0.1, 0.15) is 5.69 Å². The predicted octanol–water partition coefficient (Wildman–Crippen LogP) is 2.05. The van der Waals surface area contributed by atoms with Gasteiger partial charge in [0, 0.05) is 18.8 Å². The Morgan fingerprint density at radius 2 is 2.22 bits per heavy atom. The second-order valence-electron chi connectivity index (χ2n) is 3.62. The Morgan fingerprint density at radius 1 is 1.39 bits per heavy atom. The third kappa shape index (κ3) is 2.51. The van der Waals surface area contributed by atoms with Gasteiger partial charge in [0.05, 0.1) is 13.3 Å². The lowest BCUT2D eigenvalue weighted by Gasteiger charge is -2.06. The Bertz CT molecular complexity index is 558. The molecule has 0 saturated carbocycles. The van der Waals surface area contributed by atoms with Gasteiger partial charge in [-0.15, -0.1) is 0 Å². The Hall–Kier alpha value is -2.30. The fourth-order valence-electron chi connectivity index (χ4n) is 1.56. The van der Waals surface area contributed by atoms with Crippen LogP contribution in [0.4, 0.5) is 4.39 Å². The number of carbonyl (C=O) groups is 1. The van der Waals surface area contributed by atoms with Crippen LogP contribution in [0.25, 0.3) is 0 Å². The average Bonchev–Trinajstić information content (AvgIpc) is 2.42. The Morgan fingerprint density at radius 3 is 2.89 bits per heavy atom. The Labute approximate surface area is 103 Å². The number of methoxy groups -OCH3 is 1. The first-order valence-electron chi connectivity index (χ1n) is 5.33. The molecule has 5 heteroatoms. The number of hydrogen-bond acceptors (Lipinski definition) is 4. The lowest BCUT2D eigenvalue weighted by molar-refractivity contribution is 0.0986. The van der Waals surface area contributed by atoms with Gasteiger partial charge >= 0.3 is 0 Å². The molecular formula is C13H11FN2O2. The van der Waals surface area contributed by atoms with E-state index in [1.807, 2.05) is 0 Å². The van der Waals surface area contributed by atoms with Gasteiger partial charge in [-0.3, -0.25) is 9.78 Å². The molecule has 2 aromatic rings. The summed E-state index contributed by atoms with van der Waals surface area (Å²) in [7, 11) is 1.38. The fraction of sp³-hybridized carbons (Fsp3) is 0.154. The summed E-state index contributed by atoms with van der Waals surface area (Å²) in [5.41, 5.74) is 0.504. The monoisotopic (exact) mass is 246 g/mol. The number of halogens is 1. The molecule has 0 bridgehead atoms. The molecule has 0 aliphatic rings. The third-order valence-corrected chi connectivity index (χ3v) is 2.46. The molecule has 0 fully saturated rings. The highest BCUT2D eigenvalue weighted by molar-refractivity contribution is 5.95. The summed E-state index contributed by atoms with van der Waals surface area (Å²) in [6.07, 6.45) is 4.19. The maximum Gasteiger partial charge on any atom is 0.187 e. The van der Waals surface area contributed by atoms with Crippen LogP contribution in [0.3, 0.4) is 0 Å². The number of ether oxygens (including phenoxy) is 1. The lowest BCUT2D eigenvalue weighted by Crippen LogP contribution is -2.08. The molecule has 0 radical (unpaired) electrons. The molecule has 0 saturated heterocycles. The maximum absolute atomic E-state index is 13.8. The van der Waals surface area contributed by atoms with Crippen molar-refractivity contribution in [2.24, 2.45) is 0 Å². The summed E-state index contributed by atoms with van der Waals surface area (Å²) in [5, 5.41) is 0. The summed E-state index contributed by atoms with van der Waals surface area (Å²) in [6, 6.07) is 4.69. The zero-order valence-electron chi connectivity index (χ0n) is 9.76. The van der Waals surface area contributed by atoms with Gasteiger partial charge in [0.2, 0.25) is 0 Å². The molecule has 18 heavy (non-hydrogen) atoms. The van der Waals surface area contributed by atoms with Gasteiger partial charge in [0.15, 0.2) is 17.3 Å². The molecule has 92 valence electrons. The minimum atomic E-state index is -0.516. The van der Waals surface area contributed by atoms with Crippen LogP contribution in [-0.2, 0) is 6.42 Å². The first-order valence-corrected chi connectivity index (χ1v) is 5.33. The maximum atomic E-state index is 13.8. The standard InChI is InChI=1S/C13H11FN2O2/c1-18-12-4-2-3-9(13(12)14)7-11(17)10-8-15-5-6-16-10/h2-6,8H,7H2,1H3. The number of Topliss-reactive ketones (excluding diaryl/α,β-unsaturated/α-hetero) is 1. The molecule has 2 rings (SSSR count). The van der Waals surface area contributed by atoms with Crippen LogP contribution in [0.5, 0.6) is 5.75 Å². The molecular weight excluding hydrogens is 235 g/mol. The van der Waals surface area contributed by atoms with Gasteiger partial charge in [-0.25, -0.2) is 9.37 Å². The van der Waals surface area contributed by atoms with Crippen LogP contribution in [0.2, 0.25) is 0 Å². The molecule has 1 heterocycles. The summed E-state index contributed by atoms with van der Waals surface area (Å²) >= 11 is 0. The van der Waals surface area contributed by atoms with Crippen molar-refractivity contribution in [2.75, 3.05) is 7.11 Å². The van der Waals surface area contributed by atoms with Gasteiger partial charge < -0.3 is 4.74 Å². The van der Waals surface area contributed by atoms with Gasteiger partial charge in [-0.1, -0.05) is 12.1 Å². The smallest absolute Gasteiger partial charge is 0.187 e. The van der Waals surface area contributed by atoms with Crippen molar-refractivity contribution >= 4 is 5.78 Å². The van der Waals surface area contributed by atoms with E-state index in [9.17, 15) is 9.18 Å². The normalized spacial score (nSPS) is 10.1. The number of carbonyl (C=O) groups excluding carboxylic acids is 1. The molecule has 0 amide bonds. The van der Waals surface area contributed by atoms with Crippen LogP contribution in [-0.4, -0.2) is 22.9 Å². The summed E-state index contributed by atoms with van der Waals surface area (Å²) < 4.78 is 18.7. The van der Waals surface area contributed by atoms with Crippen molar-refractivity contribution in [1.29, 1.82) is 0 Å². The van der Waals surface area contributed by atoms with Crippen LogP contribution < -0.4 is 4.74 Å². The third-order valence-electron chi connectivity index (χ3n) is 2.46. The quantitative estimate of drug-likeness (QED) is 0.775. The molecule has 0 N–H and O–H groups in total. The van der Waals surface area contributed by atoms with E-state index >= 15 is 0 Å². The van der Waals surface area contributed by atoms with Crippen molar-refractivity contribution in [3.05, 3.63) is 53.9 Å². The molecule has 4 nitrogen and oxygen atoms in total. The highest BCUT2D eigenvalue weighted by Crippen LogP contribution is 2.20. The van der Waals surface area contributed by atoms with Gasteiger partial charge in [-0.05, 0) is 11.6 Å². The summed E-state index contributed by atoms with van der Waals surface area (Å²) in [6.45, 7) is 0. The van der Waals surface area contributed by atoms with Crippen molar-refractivity contribution in [1.82, 2.24) is 9.97 Å². The van der Waals surface area contributed by atoms with Crippen molar-refractivity contribution < 1.29 is 13.9 Å². The number of aromatic nitrogens is 2. The van der Waals surface area contributed by atoms with Crippen LogP contribution in [0.15, 0.2) is 36.8 Å². The van der Waals surface area contributed by atoms with Crippen molar-refractivity contribution in [3.8, 4) is 5.75 Å². The van der Waals surface area contributed by atoms with E-state index in [4.69, 9.17) is 4.74 Å². The van der Waals surface area contributed by atoms with Crippen molar-refractivity contribution in [3.63, 3.8) is 0 Å². The number of rotatable bonds is 4. The molecule has 0 aliphatic heterocycles. The molecule has 0 aliphatic carbocycles. The second-order valence-corrected chi connectivity index (χ2v) is 3.62. The van der Waals surface area contributed by atoms with Crippen LogP contribution in [0.1, 0.15) is 16.1 Å². The van der Waals surface area contributed by atoms with E-state index < -0.39 is 5.82 Å². The fourth-order valence-corrected chi connectivity index (χ4v) is 1.56. The zero-order valence-corrected chi connectivity index (χ0v) is 9.76. The van der Waals surface area contributed by atoms with E-state index in [1.54, 1.807) is 12.1 Å². The molecule has 0 atom stereocenters. The van der Waals surface area contributed by atoms with E-state index in [1.165, 1.54) is 31.8 Å².